The second-order valence-corrected chi connectivity index (χ2v) is 4.25. The molecule has 0 aliphatic carbocycles. The van der Waals surface area contributed by atoms with Crippen LogP contribution < -0.4 is 5.32 Å². The summed E-state index contributed by atoms with van der Waals surface area (Å²) in [5.74, 6) is -0.323. The lowest BCUT2D eigenvalue weighted by molar-refractivity contribution is 0.100. The van der Waals surface area contributed by atoms with E-state index in [9.17, 15) is 9.59 Å². The van der Waals surface area contributed by atoms with Crippen LogP contribution in [0.25, 0.3) is 0 Å². The van der Waals surface area contributed by atoms with Crippen LogP contribution >= 0.6 is 0 Å². The lowest BCUT2D eigenvalue weighted by Gasteiger charge is -2.04. The molecule has 1 heterocycles. The Morgan fingerprint density at radius 2 is 1.95 bits per heavy atom. The molecule has 0 bridgehead atoms. The number of carbonyl (C=O) groups is 2. The third kappa shape index (κ3) is 3.30. The maximum atomic E-state index is 12.0. The largest absolute Gasteiger partial charge is 0.362 e. The molecule has 1 N–H and O–H groups in total. The highest BCUT2D eigenvalue weighted by atomic mass is 16.5. The molecular formula is C14H15N3O3. The molecule has 1 aromatic carbocycles. The van der Waals surface area contributed by atoms with Gasteiger partial charge in [0.1, 0.15) is 6.73 Å². The number of aromatic nitrogens is 2. The van der Waals surface area contributed by atoms with Crippen molar-refractivity contribution in [2.75, 3.05) is 12.4 Å². The van der Waals surface area contributed by atoms with E-state index in [0.717, 1.165) is 0 Å². The Balaban J connectivity index is 2.04. The number of rotatable bonds is 5. The van der Waals surface area contributed by atoms with Crippen molar-refractivity contribution in [2.24, 2.45) is 0 Å². The number of nitrogens with one attached hydrogen (secondary N) is 1. The number of anilines is 1. The number of hydrogen-bond acceptors (Lipinski definition) is 4. The van der Waals surface area contributed by atoms with E-state index in [4.69, 9.17) is 4.74 Å². The summed E-state index contributed by atoms with van der Waals surface area (Å²) >= 11 is 0. The van der Waals surface area contributed by atoms with Gasteiger partial charge >= 0.3 is 0 Å². The van der Waals surface area contributed by atoms with E-state index in [0.29, 0.717) is 23.7 Å². The molecule has 0 unspecified atom stereocenters. The lowest BCUT2D eigenvalue weighted by atomic mass is 10.1. The summed E-state index contributed by atoms with van der Waals surface area (Å²) in [5.41, 5.74) is 1.52. The second-order valence-electron chi connectivity index (χ2n) is 4.25. The van der Waals surface area contributed by atoms with Crippen molar-refractivity contribution in [1.82, 2.24) is 9.78 Å². The van der Waals surface area contributed by atoms with Gasteiger partial charge in [-0.3, -0.25) is 9.59 Å². The van der Waals surface area contributed by atoms with Crippen molar-refractivity contribution in [1.29, 1.82) is 0 Å². The van der Waals surface area contributed by atoms with E-state index < -0.39 is 0 Å². The first-order chi connectivity index (χ1) is 9.60. The van der Waals surface area contributed by atoms with Crippen LogP contribution in [0, 0.1) is 0 Å². The van der Waals surface area contributed by atoms with Crippen LogP contribution in [0.15, 0.2) is 36.5 Å². The number of nitrogens with zero attached hydrogens (tertiary/aromatic N) is 2. The zero-order valence-electron chi connectivity index (χ0n) is 11.3. The standard InChI is InChI=1S/C14H15N3O3/c1-10(18)11-3-5-12(6-4-11)15-14(19)13-7-8-17(16-13)9-20-2/h3-8H,9H2,1-2H3,(H,15,19). The summed E-state index contributed by atoms with van der Waals surface area (Å²) < 4.78 is 6.43. The van der Waals surface area contributed by atoms with Crippen molar-refractivity contribution >= 4 is 17.4 Å². The second kappa shape index (κ2) is 6.12. The first-order valence-corrected chi connectivity index (χ1v) is 6.05. The molecule has 0 saturated carbocycles. The van der Waals surface area contributed by atoms with E-state index in [1.807, 2.05) is 0 Å². The predicted molar refractivity (Wildman–Crippen MR) is 73.6 cm³/mol. The Kier molecular flexibility index (Phi) is 4.27. The Morgan fingerprint density at radius 3 is 2.55 bits per heavy atom. The molecule has 6 heteroatoms. The van der Waals surface area contributed by atoms with Gasteiger partial charge in [-0.25, -0.2) is 4.68 Å². The molecule has 20 heavy (non-hydrogen) atoms. The summed E-state index contributed by atoms with van der Waals surface area (Å²) in [7, 11) is 1.55. The molecule has 1 aromatic heterocycles. The minimum Gasteiger partial charge on any atom is -0.362 e. The van der Waals surface area contributed by atoms with Gasteiger partial charge in [-0.15, -0.1) is 0 Å². The topological polar surface area (TPSA) is 73.2 Å². The highest BCUT2D eigenvalue weighted by Crippen LogP contribution is 2.11. The molecule has 0 atom stereocenters. The number of hydrogen-bond donors (Lipinski definition) is 1. The van der Waals surface area contributed by atoms with Crippen molar-refractivity contribution in [2.45, 2.75) is 13.7 Å². The lowest BCUT2D eigenvalue weighted by Crippen LogP contribution is -2.13. The molecule has 0 aliphatic rings. The van der Waals surface area contributed by atoms with Crippen molar-refractivity contribution < 1.29 is 14.3 Å². The summed E-state index contributed by atoms with van der Waals surface area (Å²) in [6.45, 7) is 1.79. The van der Waals surface area contributed by atoms with Gasteiger partial charge in [-0.05, 0) is 37.3 Å². The van der Waals surface area contributed by atoms with Gasteiger partial charge < -0.3 is 10.1 Å². The van der Waals surface area contributed by atoms with Crippen molar-refractivity contribution in [3.63, 3.8) is 0 Å². The summed E-state index contributed by atoms with van der Waals surface area (Å²) in [6.07, 6.45) is 1.66. The fourth-order valence-corrected chi connectivity index (χ4v) is 1.67. The number of methoxy groups -OCH3 is 1. The van der Waals surface area contributed by atoms with Gasteiger partial charge in [0.25, 0.3) is 5.91 Å². The normalized spacial score (nSPS) is 10.3. The maximum Gasteiger partial charge on any atom is 0.276 e. The van der Waals surface area contributed by atoms with Crippen LogP contribution in [0.2, 0.25) is 0 Å². The predicted octanol–water partition coefficient (Wildman–Crippen LogP) is 1.94. The van der Waals surface area contributed by atoms with Crippen LogP contribution in [0.4, 0.5) is 5.69 Å². The molecule has 0 spiro atoms. The van der Waals surface area contributed by atoms with Crippen LogP contribution in [0.5, 0.6) is 0 Å². The molecule has 0 saturated heterocycles. The van der Waals surface area contributed by atoms with E-state index in [2.05, 4.69) is 10.4 Å². The Bertz CT molecular complexity index is 617. The first-order valence-electron chi connectivity index (χ1n) is 6.05. The molecule has 2 aromatic rings. The number of ether oxygens (including phenoxy) is 1. The van der Waals surface area contributed by atoms with Gasteiger partial charge in [0.2, 0.25) is 0 Å². The summed E-state index contributed by atoms with van der Waals surface area (Å²) in [5, 5.41) is 6.78. The fraction of sp³-hybridized carbons (Fsp3) is 0.214. The van der Waals surface area contributed by atoms with E-state index in [1.54, 1.807) is 43.6 Å². The number of ketones is 1. The molecule has 0 fully saturated rings. The Labute approximate surface area is 116 Å². The van der Waals surface area contributed by atoms with E-state index in [1.165, 1.54) is 11.6 Å². The zero-order valence-corrected chi connectivity index (χ0v) is 11.3. The maximum absolute atomic E-state index is 12.0. The van der Waals surface area contributed by atoms with Crippen LogP contribution in [-0.4, -0.2) is 28.6 Å². The number of carbonyl (C=O) groups excluding carboxylic acids is 2. The van der Waals surface area contributed by atoms with Gasteiger partial charge in [0.05, 0.1) is 0 Å². The SMILES string of the molecule is COCn1ccc(C(=O)Nc2ccc(C(C)=O)cc2)n1. The minimum atomic E-state index is -0.310. The van der Waals surface area contributed by atoms with Gasteiger partial charge in [0.15, 0.2) is 11.5 Å². The molecular weight excluding hydrogens is 258 g/mol. The Hall–Kier alpha value is -2.47. The monoisotopic (exact) mass is 273 g/mol. The fourth-order valence-electron chi connectivity index (χ4n) is 1.67. The van der Waals surface area contributed by atoms with Gasteiger partial charge in [-0.2, -0.15) is 5.10 Å². The molecule has 2 rings (SSSR count). The molecule has 6 nitrogen and oxygen atoms in total. The third-order valence-corrected chi connectivity index (χ3v) is 2.68. The number of benzene rings is 1. The summed E-state index contributed by atoms with van der Waals surface area (Å²) in [6, 6.07) is 8.31. The summed E-state index contributed by atoms with van der Waals surface area (Å²) in [4.78, 5) is 23.1. The van der Waals surface area contributed by atoms with Gasteiger partial charge in [-0.1, -0.05) is 0 Å². The first kappa shape index (κ1) is 14.0. The van der Waals surface area contributed by atoms with Crippen LogP contribution in [-0.2, 0) is 11.5 Å². The minimum absolute atomic E-state index is 0.0128. The van der Waals surface area contributed by atoms with Crippen molar-refractivity contribution in [3.05, 3.63) is 47.8 Å². The molecule has 0 radical (unpaired) electrons. The molecule has 104 valence electrons. The van der Waals surface area contributed by atoms with Gasteiger partial charge in [0, 0.05) is 24.6 Å². The number of amides is 1. The van der Waals surface area contributed by atoms with Crippen LogP contribution in [0.3, 0.4) is 0 Å². The number of Topliss-reactive ketones (excluding diaryl/α,β-unsaturated/α-hetero) is 1. The molecule has 0 aliphatic heterocycles. The highest BCUT2D eigenvalue weighted by Gasteiger charge is 2.10. The van der Waals surface area contributed by atoms with Crippen LogP contribution in [0.1, 0.15) is 27.8 Å². The average molecular weight is 273 g/mol. The average Bonchev–Trinajstić information content (AvgIpc) is 2.88. The van der Waals surface area contributed by atoms with Crippen molar-refractivity contribution in [3.8, 4) is 0 Å². The third-order valence-electron chi connectivity index (χ3n) is 2.68. The quantitative estimate of drug-likeness (QED) is 0.845. The molecule has 1 amide bonds. The Morgan fingerprint density at radius 1 is 1.25 bits per heavy atom. The zero-order chi connectivity index (χ0) is 14.5. The van der Waals surface area contributed by atoms with E-state index >= 15 is 0 Å². The smallest absolute Gasteiger partial charge is 0.276 e. The highest BCUT2D eigenvalue weighted by molar-refractivity contribution is 6.03. The van der Waals surface area contributed by atoms with E-state index in [-0.39, 0.29) is 11.7 Å².